The zero-order valence-electron chi connectivity index (χ0n) is 8.11. The summed E-state index contributed by atoms with van der Waals surface area (Å²) in [5.74, 6) is -1.18. The van der Waals surface area contributed by atoms with E-state index in [4.69, 9.17) is 23.7 Å². The van der Waals surface area contributed by atoms with Crippen LogP contribution in [-0.2, 0) is 31.0 Å². The van der Waals surface area contributed by atoms with Crippen molar-refractivity contribution in [2.45, 2.75) is 12.8 Å². The molecule has 0 aromatic heterocycles. The van der Waals surface area contributed by atoms with Crippen molar-refractivity contribution in [3.8, 4) is 0 Å². The zero-order valence-corrected chi connectivity index (χ0v) is 9.62. The van der Waals surface area contributed by atoms with Crippen LogP contribution in [0.2, 0.25) is 0 Å². The fourth-order valence-corrected chi connectivity index (χ4v) is 1.38. The average Bonchev–Trinajstić information content (AvgIpc) is 2.31. The van der Waals surface area contributed by atoms with Crippen molar-refractivity contribution in [1.29, 1.82) is 0 Å². The molecule has 0 amide bonds. The summed E-state index contributed by atoms with van der Waals surface area (Å²) in [5, 5.41) is 0. The molecule has 6 heteroatoms. The van der Waals surface area contributed by atoms with E-state index in [1.165, 1.54) is 0 Å². The Morgan fingerprint density at radius 1 is 0.938 bits per heavy atom. The Labute approximate surface area is 102 Å². The lowest BCUT2D eigenvalue weighted by Crippen LogP contribution is -2.08. The van der Waals surface area contributed by atoms with E-state index in [0.717, 1.165) is 0 Å². The molecule has 0 aliphatic carbocycles. The van der Waals surface area contributed by atoms with Gasteiger partial charge in [0.1, 0.15) is 23.7 Å². The van der Waals surface area contributed by atoms with Crippen LogP contribution in [0.4, 0.5) is 0 Å². The van der Waals surface area contributed by atoms with Crippen LogP contribution < -0.4 is 0 Å². The van der Waals surface area contributed by atoms with E-state index in [0.29, 0.717) is 11.1 Å². The van der Waals surface area contributed by atoms with Crippen molar-refractivity contribution in [2.75, 3.05) is 0 Å². The highest BCUT2D eigenvalue weighted by Crippen LogP contribution is 2.12. The monoisotopic (exact) mass is 262 g/mol. The fourth-order valence-electron chi connectivity index (χ4n) is 1.27. The van der Waals surface area contributed by atoms with E-state index in [-0.39, 0.29) is 12.8 Å². The molecule has 1 rings (SSSR count). The van der Waals surface area contributed by atoms with Crippen LogP contribution in [-0.4, -0.2) is 11.9 Å². The number of carbonyl (C=O) groups is 2. The first-order chi connectivity index (χ1) is 7.67. The lowest BCUT2D eigenvalue weighted by molar-refractivity contribution is -0.134. The Morgan fingerprint density at radius 3 is 1.62 bits per heavy atom. The molecule has 0 saturated carbocycles. The molecule has 0 heterocycles. The number of hydrogen-bond donors (Lipinski definition) is 0. The van der Waals surface area contributed by atoms with E-state index >= 15 is 0 Å². The highest BCUT2D eigenvalue weighted by molar-refractivity contribution is 6.13. The molecule has 0 radical (unpaired) electrons. The Hall–Kier alpha value is -1.26. The molecule has 0 atom stereocenters. The van der Waals surface area contributed by atoms with E-state index in [9.17, 15) is 9.59 Å². The first kappa shape index (κ1) is 12.8. The second kappa shape index (κ2) is 6.35. The maximum Gasteiger partial charge on any atom is 0.329 e. The molecular weight excluding hydrogens is 255 g/mol. The zero-order chi connectivity index (χ0) is 12.0. The van der Waals surface area contributed by atoms with Crippen molar-refractivity contribution < 1.29 is 18.2 Å². The van der Waals surface area contributed by atoms with E-state index in [2.05, 4.69) is 8.58 Å². The number of carbonyl (C=O) groups excluding carboxylic acids is 2. The molecule has 86 valence electrons. The molecular formula is C10H8Cl2O4. The van der Waals surface area contributed by atoms with Gasteiger partial charge in [-0.15, -0.1) is 0 Å². The summed E-state index contributed by atoms with van der Waals surface area (Å²) in [4.78, 5) is 22.0. The molecule has 0 aliphatic rings. The van der Waals surface area contributed by atoms with Crippen molar-refractivity contribution >= 4 is 35.7 Å². The Bertz CT molecular complexity index is 355. The van der Waals surface area contributed by atoms with Crippen LogP contribution >= 0.6 is 23.7 Å². The van der Waals surface area contributed by atoms with Crippen LogP contribution in [0.1, 0.15) is 11.1 Å². The Morgan fingerprint density at radius 2 is 1.31 bits per heavy atom. The van der Waals surface area contributed by atoms with Gasteiger partial charge in [0.15, 0.2) is 0 Å². The summed E-state index contributed by atoms with van der Waals surface area (Å²) in [6.45, 7) is 0. The molecule has 0 bridgehead atoms. The molecule has 0 spiro atoms. The predicted molar refractivity (Wildman–Crippen MR) is 57.7 cm³/mol. The molecule has 1 aromatic carbocycles. The van der Waals surface area contributed by atoms with E-state index in [1.54, 1.807) is 24.3 Å². The minimum atomic E-state index is -0.589. The molecule has 1 aromatic rings. The van der Waals surface area contributed by atoms with Crippen molar-refractivity contribution in [3.05, 3.63) is 35.4 Å². The summed E-state index contributed by atoms with van der Waals surface area (Å²) in [7, 11) is 0. The van der Waals surface area contributed by atoms with Gasteiger partial charge in [-0.1, -0.05) is 24.3 Å². The van der Waals surface area contributed by atoms with Crippen molar-refractivity contribution in [2.24, 2.45) is 0 Å². The summed E-state index contributed by atoms with van der Waals surface area (Å²) in [6.07, 6.45) is -0.00945. The lowest BCUT2D eigenvalue weighted by atomic mass is 10.0. The molecule has 0 saturated heterocycles. The van der Waals surface area contributed by atoms with E-state index < -0.39 is 11.9 Å². The van der Waals surface area contributed by atoms with Gasteiger partial charge in [0.05, 0.1) is 12.8 Å². The van der Waals surface area contributed by atoms with Gasteiger partial charge in [0.2, 0.25) is 0 Å². The molecule has 4 nitrogen and oxygen atoms in total. The summed E-state index contributed by atoms with van der Waals surface area (Å²) in [6, 6.07) is 6.88. The second-order valence-corrected chi connectivity index (χ2v) is 3.33. The molecule has 0 fully saturated rings. The third-order valence-corrected chi connectivity index (χ3v) is 2.30. The van der Waals surface area contributed by atoms with Gasteiger partial charge in [0, 0.05) is 0 Å². The van der Waals surface area contributed by atoms with E-state index in [1.807, 2.05) is 0 Å². The van der Waals surface area contributed by atoms with Gasteiger partial charge < -0.3 is 8.58 Å². The average molecular weight is 263 g/mol. The van der Waals surface area contributed by atoms with Gasteiger partial charge in [-0.25, -0.2) is 0 Å². The molecule has 0 aliphatic heterocycles. The van der Waals surface area contributed by atoms with Crippen molar-refractivity contribution in [1.82, 2.24) is 0 Å². The largest absolute Gasteiger partial charge is 0.347 e. The first-order valence-corrected chi connectivity index (χ1v) is 4.98. The molecule has 0 unspecified atom stereocenters. The van der Waals surface area contributed by atoms with Gasteiger partial charge in [-0.3, -0.25) is 9.59 Å². The quantitative estimate of drug-likeness (QED) is 0.835. The maximum atomic E-state index is 11.0. The van der Waals surface area contributed by atoms with Crippen molar-refractivity contribution in [3.63, 3.8) is 0 Å². The summed E-state index contributed by atoms with van der Waals surface area (Å²) >= 11 is 9.85. The summed E-state index contributed by atoms with van der Waals surface area (Å²) in [5.41, 5.74) is 1.30. The van der Waals surface area contributed by atoms with Gasteiger partial charge in [-0.05, 0) is 11.1 Å². The van der Waals surface area contributed by atoms with Crippen LogP contribution in [0.15, 0.2) is 24.3 Å². The Balaban J connectivity index is 2.83. The highest BCUT2D eigenvalue weighted by Gasteiger charge is 2.12. The van der Waals surface area contributed by atoms with Crippen LogP contribution in [0, 0.1) is 0 Å². The normalized spacial score (nSPS) is 9.62. The van der Waals surface area contributed by atoms with Crippen LogP contribution in [0.5, 0.6) is 0 Å². The third kappa shape index (κ3) is 3.72. The first-order valence-electron chi connectivity index (χ1n) is 4.37. The second-order valence-electron chi connectivity index (χ2n) is 3.02. The van der Waals surface area contributed by atoms with Crippen LogP contribution in [0.25, 0.3) is 0 Å². The number of hydrogen-bond acceptors (Lipinski definition) is 4. The smallest absolute Gasteiger partial charge is 0.329 e. The molecule has 16 heavy (non-hydrogen) atoms. The number of benzene rings is 1. The lowest BCUT2D eigenvalue weighted by Gasteiger charge is -2.05. The number of halogens is 2. The van der Waals surface area contributed by atoms with Gasteiger partial charge in [-0.2, -0.15) is 0 Å². The van der Waals surface area contributed by atoms with Gasteiger partial charge >= 0.3 is 11.9 Å². The topological polar surface area (TPSA) is 52.6 Å². The summed E-state index contributed by atoms with van der Waals surface area (Å²) < 4.78 is 8.06. The Kier molecular flexibility index (Phi) is 5.08. The SMILES string of the molecule is O=C(Cc1ccccc1CC(=O)OCl)OCl. The minimum Gasteiger partial charge on any atom is -0.347 e. The maximum absolute atomic E-state index is 11.0. The minimum absolute atomic E-state index is 0.00472. The third-order valence-electron chi connectivity index (χ3n) is 1.96. The molecule has 0 N–H and O–H groups in total. The fraction of sp³-hybridized carbons (Fsp3) is 0.200. The highest BCUT2D eigenvalue weighted by atomic mass is 35.5. The number of rotatable bonds is 4. The van der Waals surface area contributed by atoms with Gasteiger partial charge in [0.25, 0.3) is 0 Å². The standard InChI is InChI=1S/C10H8Cl2O4/c11-15-9(13)5-7-3-1-2-4-8(7)6-10(14)16-12/h1-4H,5-6H2. The predicted octanol–water partition coefficient (Wildman–Crippen LogP) is 2.17. The van der Waals surface area contributed by atoms with Crippen LogP contribution in [0.3, 0.4) is 0 Å².